The molecular formula is C3H5N3O2S. The van der Waals surface area contributed by atoms with Crippen molar-refractivity contribution in [3.63, 3.8) is 0 Å². The Morgan fingerprint density at radius 2 is 2.33 bits per heavy atom. The highest BCUT2D eigenvalue weighted by Crippen LogP contribution is 1.95. The predicted octanol–water partition coefficient (Wildman–Crippen LogP) is -0.719. The molecule has 1 aliphatic heterocycles. The van der Waals surface area contributed by atoms with Crippen LogP contribution in [0.4, 0.5) is 0 Å². The van der Waals surface area contributed by atoms with Crippen molar-refractivity contribution in [2.24, 2.45) is 8.80 Å². The third-order valence-corrected chi connectivity index (χ3v) is 1.59. The lowest BCUT2D eigenvalue weighted by atomic mass is 10.7. The molecule has 0 aliphatic carbocycles. The summed E-state index contributed by atoms with van der Waals surface area (Å²) in [6.45, 7) is 1.54. The number of hydrogen-bond donors (Lipinski definition) is 1. The van der Waals surface area contributed by atoms with Gasteiger partial charge >= 0.3 is 10.2 Å². The van der Waals surface area contributed by atoms with Crippen LogP contribution in [0, 0.1) is 0 Å². The number of hydrogen-bond acceptors (Lipinski definition) is 3. The van der Waals surface area contributed by atoms with E-state index < -0.39 is 10.2 Å². The van der Waals surface area contributed by atoms with Gasteiger partial charge in [0.25, 0.3) is 0 Å². The van der Waals surface area contributed by atoms with E-state index in [-0.39, 0.29) is 0 Å². The van der Waals surface area contributed by atoms with Crippen LogP contribution < -0.4 is 5.32 Å². The molecule has 50 valence electrons. The molecule has 0 aromatic carbocycles. The lowest BCUT2D eigenvalue weighted by Crippen LogP contribution is -2.23. The molecule has 0 radical (unpaired) electrons. The smallest absolute Gasteiger partial charge is 0.333 e. The summed E-state index contributed by atoms with van der Waals surface area (Å²) in [5, 5.41) is 2.52. The molecule has 0 unspecified atom stereocenters. The van der Waals surface area contributed by atoms with Gasteiger partial charge in [-0.3, -0.25) is 0 Å². The number of nitrogens with one attached hydrogen (secondary N) is 1. The Hall–Kier alpha value is -0.910. The lowest BCUT2D eigenvalue weighted by Gasteiger charge is -2.01. The normalized spacial score (nSPS) is 22.6. The Labute approximate surface area is 52.7 Å². The third-order valence-electron chi connectivity index (χ3n) is 0.712. The third kappa shape index (κ3) is 1.49. The highest BCUT2D eigenvalue weighted by Gasteiger charge is 2.07. The zero-order chi connectivity index (χ0) is 6.91. The maximum Gasteiger partial charge on any atom is 0.365 e. The Kier molecular flexibility index (Phi) is 1.24. The van der Waals surface area contributed by atoms with Crippen LogP contribution in [0.2, 0.25) is 0 Å². The zero-order valence-electron chi connectivity index (χ0n) is 4.70. The minimum absolute atomic E-state index is 0.338. The molecule has 0 spiro atoms. The summed E-state index contributed by atoms with van der Waals surface area (Å²) in [5.41, 5.74) is 0. The molecule has 1 heterocycles. The summed E-state index contributed by atoms with van der Waals surface area (Å²) < 4.78 is 27.1. The van der Waals surface area contributed by atoms with Crippen molar-refractivity contribution in [1.82, 2.24) is 5.32 Å². The average molecular weight is 147 g/mol. The molecule has 0 aromatic rings. The van der Waals surface area contributed by atoms with E-state index >= 15 is 0 Å². The molecule has 0 amide bonds. The van der Waals surface area contributed by atoms with Crippen LogP contribution >= 0.6 is 0 Å². The van der Waals surface area contributed by atoms with Gasteiger partial charge in [-0.25, -0.2) is 0 Å². The summed E-state index contributed by atoms with van der Waals surface area (Å²) >= 11 is 0. The van der Waals surface area contributed by atoms with Crippen LogP contribution in [0.1, 0.15) is 6.92 Å². The van der Waals surface area contributed by atoms with Crippen molar-refractivity contribution < 1.29 is 8.42 Å². The van der Waals surface area contributed by atoms with E-state index in [1.165, 1.54) is 0 Å². The fourth-order valence-electron chi connectivity index (χ4n) is 0.409. The average Bonchev–Trinajstić information content (AvgIpc) is 1.60. The van der Waals surface area contributed by atoms with Crippen LogP contribution in [0.5, 0.6) is 0 Å². The molecule has 0 saturated heterocycles. The molecule has 0 atom stereocenters. The van der Waals surface area contributed by atoms with Crippen LogP contribution in [0.25, 0.3) is 0 Å². The first kappa shape index (κ1) is 6.21. The van der Waals surface area contributed by atoms with Crippen molar-refractivity contribution >= 4 is 22.4 Å². The van der Waals surface area contributed by atoms with E-state index in [0.717, 1.165) is 6.34 Å². The monoisotopic (exact) mass is 147 g/mol. The predicted molar refractivity (Wildman–Crippen MR) is 33.7 cm³/mol. The first-order chi connectivity index (χ1) is 4.10. The fraction of sp³-hybridized carbons (Fsp3) is 0.333. The van der Waals surface area contributed by atoms with Gasteiger partial charge in [-0.15, -0.1) is 8.80 Å². The molecule has 1 aliphatic rings. The van der Waals surface area contributed by atoms with Gasteiger partial charge in [0.15, 0.2) is 0 Å². The minimum Gasteiger partial charge on any atom is -0.333 e. The number of amidine groups is 1. The molecule has 0 saturated carbocycles. The second kappa shape index (κ2) is 1.80. The highest BCUT2D eigenvalue weighted by atomic mass is 32.2. The van der Waals surface area contributed by atoms with E-state index in [0.29, 0.717) is 5.84 Å². The summed E-state index contributed by atoms with van der Waals surface area (Å²) in [4.78, 5) is 0. The molecule has 0 bridgehead atoms. The van der Waals surface area contributed by atoms with Gasteiger partial charge < -0.3 is 5.32 Å². The van der Waals surface area contributed by atoms with Gasteiger partial charge in [-0.1, -0.05) is 0 Å². The molecular weight excluding hydrogens is 142 g/mol. The first-order valence-corrected chi connectivity index (χ1v) is 3.62. The van der Waals surface area contributed by atoms with E-state index in [4.69, 9.17) is 0 Å². The van der Waals surface area contributed by atoms with Crippen molar-refractivity contribution in [1.29, 1.82) is 0 Å². The summed E-state index contributed by atoms with van der Waals surface area (Å²) in [7, 11) is -3.54. The molecule has 1 N–H and O–H groups in total. The Bertz CT molecular complexity index is 263. The molecule has 6 heteroatoms. The Balaban J connectivity index is 3.06. The largest absolute Gasteiger partial charge is 0.365 e. The van der Waals surface area contributed by atoms with Crippen molar-refractivity contribution in [2.45, 2.75) is 6.92 Å². The number of rotatable bonds is 0. The van der Waals surface area contributed by atoms with E-state index in [1.54, 1.807) is 6.92 Å². The lowest BCUT2D eigenvalue weighted by molar-refractivity contribution is 0.599. The summed E-state index contributed by atoms with van der Waals surface area (Å²) in [6.07, 6.45) is 1.09. The van der Waals surface area contributed by atoms with Crippen LogP contribution in [0.3, 0.4) is 0 Å². The van der Waals surface area contributed by atoms with Crippen LogP contribution in [0.15, 0.2) is 8.80 Å². The van der Waals surface area contributed by atoms with Crippen molar-refractivity contribution in [3.05, 3.63) is 0 Å². The Morgan fingerprint density at radius 1 is 1.67 bits per heavy atom. The van der Waals surface area contributed by atoms with E-state index in [1.807, 2.05) is 0 Å². The summed E-state index contributed by atoms with van der Waals surface area (Å²) in [6, 6.07) is 0. The second-order valence-corrected chi connectivity index (χ2v) is 2.79. The SMILES string of the molecule is CC1=NS(=O)(=O)N=CN1. The van der Waals surface area contributed by atoms with Gasteiger partial charge in [-0.05, 0) is 6.92 Å². The minimum atomic E-state index is -3.54. The fourth-order valence-corrected chi connectivity index (χ4v) is 1.04. The maximum atomic E-state index is 10.4. The number of nitrogens with zero attached hydrogens (tertiary/aromatic N) is 2. The van der Waals surface area contributed by atoms with Gasteiger partial charge in [-0.2, -0.15) is 8.42 Å². The topological polar surface area (TPSA) is 70.9 Å². The van der Waals surface area contributed by atoms with E-state index in [2.05, 4.69) is 14.1 Å². The van der Waals surface area contributed by atoms with Gasteiger partial charge in [0, 0.05) is 0 Å². The Morgan fingerprint density at radius 3 is 2.67 bits per heavy atom. The van der Waals surface area contributed by atoms with Crippen LogP contribution in [-0.4, -0.2) is 20.6 Å². The second-order valence-electron chi connectivity index (χ2n) is 1.50. The van der Waals surface area contributed by atoms with Gasteiger partial charge in [0.2, 0.25) is 0 Å². The molecule has 9 heavy (non-hydrogen) atoms. The first-order valence-electron chi connectivity index (χ1n) is 2.22. The molecule has 5 nitrogen and oxygen atoms in total. The van der Waals surface area contributed by atoms with Gasteiger partial charge in [0.1, 0.15) is 12.2 Å². The van der Waals surface area contributed by atoms with Gasteiger partial charge in [0.05, 0.1) is 0 Å². The van der Waals surface area contributed by atoms with E-state index in [9.17, 15) is 8.42 Å². The molecule has 0 aromatic heterocycles. The van der Waals surface area contributed by atoms with Crippen molar-refractivity contribution in [3.8, 4) is 0 Å². The maximum absolute atomic E-state index is 10.4. The molecule has 0 fully saturated rings. The zero-order valence-corrected chi connectivity index (χ0v) is 5.51. The quantitative estimate of drug-likeness (QED) is 0.491. The summed E-state index contributed by atoms with van der Waals surface area (Å²) in [5.74, 6) is 0.338. The van der Waals surface area contributed by atoms with Crippen LogP contribution in [-0.2, 0) is 10.2 Å². The molecule has 1 rings (SSSR count). The highest BCUT2D eigenvalue weighted by molar-refractivity contribution is 7.89. The van der Waals surface area contributed by atoms with Crippen molar-refractivity contribution in [2.75, 3.05) is 0 Å². The standard InChI is InChI=1S/C3H5N3O2S/c1-3-4-2-5-9(7,8)6-3/h2H,1H3,(H,4,5,6).